The topological polar surface area (TPSA) is 55.4 Å². The van der Waals surface area contributed by atoms with Gasteiger partial charge >= 0.3 is 6.18 Å². The number of alkyl halides is 3. The predicted octanol–water partition coefficient (Wildman–Crippen LogP) is 5.93. The molecule has 0 aliphatic carbocycles. The van der Waals surface area contributed by atoms with Crippen LogP contribution in [-0.2, 0) is 16.2 Å². The molecule has 0 atom stereocenters. The molecule has 0 saturated carbocycles. The Balaban J connectivity index is 1.84. The summed E-state index contributed by atoms with van der Waals surface area (Å²) in [6.45, 7) is 1.55. The van der Waals surface area contributed by atoms with Gasteiger partial charge in [-0.25, -0.2) is 8.42 Å². The molecule has 152 valence electrons. The van der Waals surface area contributed by atoms with Crippen LogP contribution in [0.25, 0.3) is 11.1 Å². The van der Waals surface area contributed by atoms with E-state index in [9.17, 15) is 21.6 Å². The van der Waals surface area contributed by atoms with Crippen molar-refractivity contribution in [2.24, 2.45) is 0 Å². The molecule has 0 amide bonds. The Morgan fingerprint density at radius 2 is 1.52 bits per heavy atom. The first-order valence-corrected chi connectivity index (χ1v) is 10.4. The lowest BCUT2D eigenvalue weighted by molar-refractivity contribution is -0.137. The highest BCUT2D eigenvalue weighted by Crippen LogP contribution is 2.35. The van der Waals surface area contributed by atoms with Crippen LogP contribution in [0.3, 0.4) is 0 Å². The monoisotopic (exact) mass is 421 g/mol. The normalized spacial score (nSPS) is 11.9. The van der Waals surface area contributed by atoms with Crippen LogP contribution >= 0.6 is 0 Å². The third-order valence-electron chi connectivity index (χ3n) is 4.15. The summed E-state index contributed by atoms with van der Waals surface area (Å²) in [5, 5.41) is 0. The molecule has 8 heteroatoms. The smallest absolute Gasteiger partial charge is 0.416 e. The fourth-order valence-electron chi connectivity index (χ4n) is 2.60. The zero-order valence-corrected chi connectivity index (χ0v) is 16.2. The van der Waals surface area contributed by atoms with Crippen LogP contribution in [0.1, 0.15) is 12.5 Å². The molecule has 0 unspecified atom stereocenters. The molecular weight excluding hydrogens is 403 g/mol. The van der Waals surface area contributed by atoms with Gasteiger partial charge in [0.2, 0.25) is 10.0 Å². The molecular formula is C21H18F3NO3S. The highest BCUT2D eigenvalue weighted by Gasteiger charge is 2.30. The second-order valence-electron chi connectivity index (χ2n) is 6.20. The standard InChI is InChI=1S/C21H18F3NO3S/c1-2-29(26,27)25-17-11-7-15(8-12-17)19-5-3-4-6-20(19)28-18-13-9-16(10-14-18)21(22,23)24/h3-14,25H,2H2,1H3. The lowest BCUT2D eigenvalue weighted by Crippen LogP contribution is -2.14. The summed E-state index contributed by atoms with van der Waals surface area (Å²) in [7, 11) is -3.37. The third kappa shape index (κ3) is 5.29. The molecule has 0 spiro atoms. The van der Waals surface area contributed by atoms with E-state index < -0.39 is 21.8 Å². The minimum absolute atomic E-state index is 0.0292. The van der Waals surface area contributed by atoms with Crippen molar-refractivity contribution < 1.29 is 26.3 Å². The Labute approximate surface area is 167 Å². The van der Waals surface area contributed by atoms with Gasteiger partial charge in [-0.15, -0.1) is 0 Å². The van der Waals surface area contributed by atoms with Gasteiger partial charge in [-0.05, 0) is 55.0 Å². The van der Waals surface area contributed by atoms with Gasteiger partial charge in [-0.3, -0.25) is 4.72 Å². The lowest BCUT2D eigenvalue weighted by Gasteiger charge is -2.13. The molecule has 3 aromatic carbocycles. The van der Waals surface area contributed by atoms with Gasteiger partial charge in [0.15, 0.2) is 0 Å². The van der Waals surface area contributed by atoms with E-state index in [-0.39, 0.29) is 11.5 Å². The highest BCUT2D eigenvalue weighted by molar-refractivity contribution is 7.92. The number of anilines is 1. The number of nitrogens with one attached hydrogen (secondary N) is 1. The molecule has 0 aliphatic rings. The van der Waals surface area contributed by atoms with Gasteiger partial charge in [-0.1, -0.05) is 30.3 Å². The SMILES string of the molecule is CCS(=O)(=O)Nc1ccc(-c2ccccc2Oc2ccc(C(F)(F)F)cc2)cc1. The Hall–Kier alpha value is -3.00. The number of rotatable bonds is 6. The molecule has 0 bridgehead atoms. The molecule has 3 rings (SSSR count). The summed E-state index contributed by atoms with van der Waals surface area (Å²) in [6.07, 6.45) is -4.41. The van der Waals surface area contributed by atoms with Gasteiger partial charge in [0.1, 0.15) is 11.5 Å². The van der Waals surface area contributed by atoms with Crippen LogP contribution in [0.15, 0.2) is 72.8 Å². The van der Waals surface area contributed by atoms with E-state index in [0.717, 1.165) is 23.3 Å². The number of sulfonamides is 1. The predicted molar refractivity (Wildman–Crippen MR) is 106 cm³/mol. The van der Waals surface area contributed by atoms with E-state index in [4.69, 9.17) is 4.74 Å². The van der Waals surface area contributed by atoms with E-state index in [1.54, 1.807) is 43.3 Å². The summed E-state index contributed by atoms with van der Waals surface area (Å²) in [6, 6.07) is 18.3. The van der Waals surface area contributed by atoms with Gasteiger partial charge < -0.3 is 4.74 Å². The van der Waals surface area contributed by atoms with Crippen LogP contribution in [-0.4, -0.2) is 14.2 Å². The molecule has 4 nitrogen and oxygen atoms in total. The van der Waals surface area contributed by atoms with Crippen molar-refractivity contribution in [1.29, 1.82) is 0 Å². The number of hydrogen-bond acceptors (Lipinski definition) is 3. The van der Waals surface area contributed by atoms with Crippen LogP contribution in [0.2, 0.25) is 0 Å². The van der Waals surface area contributed by atoms with E-state index >= 15 is 0 Å². The maximum atomic E-state index is 12.7. The van der Waals surface area contributed by atoms with Crippen molar-refractivity contribution in [3.63, 3.8) is 0 Å². The molecule has 0 fully saturated rings. The largest absolute Gasteiger partial charge is 0.457 e. The molecule has 3 aromatic rings. The van der Waals surface area contributed by atoms with Gasteiger partial charge in [0.25, 0.3) is 0 Å². The molecule has 0 aromatic heterocycles. The van der Waals surface area contributed by atoms with Crippen molar-refractivity contribution in [2.45, 2.75) is 13.1 Å². The number of ether oxygens (including phenoxy) is 1. The fraction of sp³-hybridized carbons (Fsp3) is 0.143. The average Bonchev–Trinajstić information content (AvgIpc) is 2.69. The number of para-hydroxylation sites is 1. The maximum Gasteiger partial charge on any atom is 0.416 e. The van der Waals surface area contributed by atoms with Gasteiger partial charge in [0.05, 0.1) is 11.3 Å². The molecule has 0 radical (unpaired) electrons. The average molecular weight is 421 g/mol. The quantitative estimate of drug-likeness (QED) is 0.537. The first-order valence-electron chi connectivity index (χ1n) is 8.73. The van der Waals surface area contributed by atoms with E-state index in [1.807, 2.05) is 12.1 Å². The molecule has 1 N–H and O–H groups in total. The zero-order chi connectivity index (χ0) is 21.1. The summed E-state index contributed by atoms with van der Waals surface area (Å²) >= 11 is 0. The Morgan fingerprint density at radius 3 is 2.10 bits per heavy atom. The number of benzene rings is 3. The summed E-state index contributed by atoms with van der Waals surface area (Å²) in [5.41, 5.74) is 1.18. The number of halogens is 3. The first-order chi connectivity index (χ1) is 13.7. The van der Waals surface area contributed by atoms with Crippen molar-refractivity contribution >= 4 is 15.7 Å². The molecule has 0 aliphatic heterocycles. The van der Waals surface area contributed by atoms with Crippen LogP contribution < -0.4 is 9.46 Å². The van der Waals surface area contributed by atoms with Gasteiger partial charge in [0, 0.05) is 11.3 Å². The summed E-state index contributed by atoms with van der Waals surface area (Å²) < 4.78 is 69.7. The molecule has 29 heavy (non-hydrogen) atoms. The van der Waals surface area contributed by atoms with Crippen molar-refractivity contribution in [3.8, 4) is 22.6 Å². The summed E-state index contributed by atoms with van der Waals surface area (Å²) in [4.78, 5) is 0. The van der Waals surface area contributed by atoms with Crippen LogP contribution in [0, 0.1) is 0 Å². The van der Waals surface area contributed by atoms with E-state index in [1.165, 1.54) is 12.1 Å². The Morgan fingerprint density at radius 1 is 0.897 bits per heavy atom. The second-order valence-corrected chi connectivity index (χ2v) is 8.21. The first kappa shape index (κ1) is 20.7. The molecule has 0 heterocycles. The third-order valence-corrected chi connectivity index (χ3v) is 5.45. The van der Waals surface area contributed by atoms with E-state index in [0.29, 0.717) is 11.4 Å². The van der Waals surface area contributed by atoms with Crippen molar-refractivity contribution in [1.82, 2.24) is 0 Å². The minimum atomic E-state index is -4.41. The highest BCUT2D eigenvalue weighted by atomic mass is 32.2. The van der Waals surface area contributed by atoms with Crippen LogP contribution in [0.5, 0.6) is 11.5 Å². The fourth-order valence-corrected chi connectivity index (χ4v) is 3.24. The lowest BCUT2D eigenvalue weighted by atomic mass is 10.0. The summed E-state index contributed by atoms with van der Waals surface area (Å²) in [5.74, 6) is 0.713. The van der Waals surface area contributed by atoms with Gasteiger partial charge in [-0.2, -0.15) is 13.2 Å². The second kappa shape index (κ2) is 8.16. The Bertz CT molecular complexity index is 1080. The number of hydrogen-bond donors (Lipinski definition) is 1. The molecule has 0 saturated heterocycles. The van der Waals surface area contributed by atoms with E-state index in [2.05, 4.69) is 4.72 Å². The minimum Gasteiger partial charge on any atom is -0.457 e. The van der Waals surface area contributed by atoms with Crippen LogP contribution in [0.4, 0.5) is 18.9 Å². The van der Waals surface area contributed by atoms with Crippen molar-refractivity contribution in [3.05, 3.63) is 78.4 Å². The Kier molecular flexibility index (Phi) is 5.83. The zero-order valence-electron chi connectivity index (χ0n) is 15.4. The maximum absolute atomic E-state index is 12.7. The van der Waals surface area contributed by atoms with Crippen molar-refractivity contribution in [2.75, 3.05) is 10.5 Å².